The van der Waals surface area contributed by atoms with E-state index in [1.54, 1.807) is 18.2 Å². The van der Waals surface area contributed by atoms with Gasteiger partial charge in [0.15, 0.2) is 0 Å². The Morgan fingerprint density at radius 3 is 2.75 bits per heavy atom. The van der Waals surface area contributed by atoms with Crippen molar-refractivity contribution in [2.45, 2.75) is 13.0 Å². The van der Waals surface area contributed by atoms with Crippen molar-refractivity contribution in [3.8, 4) is 0 Å². The van der Waals surface area contributed by atoms with Gasteiger partial charge in [0.25, 0.3) is 0 Å². The molecule has 2 aromatic rings. The summed E-state index contributed by atoms with van der Waals surface area (Å²) in [7, 11) is -3.94. The van der Waals surface area contributed by atoms with Crippen LogP contribution in [-0.4, -0.2) is 22.5 Å². The molecule has 0 saturated carbocycles. The van der Waals surface area contributed by atoms with Gasteiger partial charge in [-0.05, 0) is 25.1 Å². The van der Waals surface area contributed by atoms with Crippen LogP contribution in [-0.2, 0) is 11.1 Å². The molecule has 0 fully saturated rings. The Hall–Kier alpha value is -1.46. The van der Waals surface area contributed by atoms with Crippen molar-refractivity contribution in [2.75, 3.05) is 12.7 Å². The summed E-state index contributed by atoms with van der Waals surface area (Å²) in [5.41, 5.74) is 0.647. The highest BCUT2D eigenvalue weighted by Gasteiger charge is 2.11. The lowest BCUT2D eigenvalue weighted by atomic mass is 10.2. The number of benzene rings is 1. The molecule has 0 amide bonds. The van der Waals surface area contributed by atoms with Crippen LogP contribution in [0, 0.1) is 0 Å². The van der Waals surface area contributed by atoms with E-state index in [2.05, 4.69) is 5.32 Å². The third kappa shape index (κ3) is 4.28. The van der Waals surface area contributed by atoms with Crippen molar-refractivity contribution in [1.29, 1.82) is 0 Å². The van der Waals surface area contributed by atoms with E-state index >= 15 is 0 Å². The summed E-state index contributed by atoms with van der Waals surface area (Å²) < 4.78 is 15.9. The third-order valence-electron chi connectivity index (χ3n) is 2.83. The van der Waals surface area contributed by atoms with Crippen LogP contribution in [0.5, 0.6) is 0 Å². The van der Waals surface area contributed by atoms with E-state index in [1.165, 1.54) is 0 Å². The molecule has 108 valence electrons. The van der Waals surface area contributed by atoms with E-state index in [4.69, 9.17) is 14.2 Å². The van der Waals surface area contributed by atoms with Crippen LogP contribution in [0.2, 0.25) is 0 Å². The maximum Gasteiger partial charge on any atom is 0.340 e. The summed E-state index contributed by atoms with van der Waals surface area (Å²) in [5, 5.41) is 3.82. The molecule has 0 radical (unpaired) electrons. The van der Waals surface area contributed by atoms with Gasteiger partial charge in [0.05, 0.1) is 11.7 Å². The summed E-state index contributed by atoms with van der Waals surface area (Å²) >= 11 is 0. The predicted molar refractivity (Wildman–Crippen MR) is 75.7 cm³/mol. The minimum atomic E-state index is -3.94. The molecule has 1 aromatic heterocycles. The Morgan fingerprint density at radius 2 is 2.00 bits per heavy atom. The van der Waals surface area contributed by atoms with E-state index in [0.29, 0.717) is 30.7 Å². The maximum absolute atomic E-state index is 11.7. The second-order valence-electron chi connectivity index (χ2n) is 4.52. The maximum atomic E-state index is 11.7. The molecule has 1 aromatic carbocycles. The Bertz CT molecular complexity index is 690. The van der Waals surface area contributed by atoms with Gasteiger partial charge in [-0.3, -0.25) is 4.57 Å². The minimum Gasteiger partial charge on any atom is -0.422 e. The highest BCUT2D eigenvalue weighted by atomic mass is 31.2. The first-order chi connectivity index (χ1) is 9.46. The topological polar surface area (TPSA) is 99.8 Å². The number of hydrogen-bond acceptors (Lipinski definition) is 4. The average Bonchev–Trinajstić information content (AvgIpc) is 2.37. The van der Waals surface area contributed by atoms with E-state index in [1.807, 2.05) is 12.1 Å². The SMILES string of the molecule is O=c1oc2ccccc2cc1CNCCCP(=O)(O)O. The fourth-order valence-electron chi connectivity index (χ4n) is 1.86. The van der Waals surface area contributed by atoms with Gasteiger partial charge in [-0.25, -0.2) is 4.79 Å². The molecule has 0 aliphatic rings. The lowest BCUT2D eigenvalue weighted by Gasteiger charge is -2.06. The van der Waals surface area contributed by atoms with E-state index in [0.717, 1.165) is 5.39 Å². The average molecular weight is 297 g/mol. The molecule has 6 nitrogen and oxygen atoms in total. The molecular formula is C13H16NO5P. The first kappa shape index (κ1) is 14.9. The number of hydrogen-bond donors (Lipinski definition) is 3. The van der Waals surface area contributed by atoms with Crippen LogP contribution in [0.4, 0.5) is 0 Å². The Morgan fingerprint density at radius 1 is 1.25 bits per heavy atom. The molecule has 0 bridgehead atoms. The Labute approximate surface area is 115 Å². The zero-order chi connectivity index (χ0) is 14.6. The molecule has 3 N–H and O–H groups in total. The molecule has 20 heavy (non-hydrogen) atoms. The summed E-state index contributed by atoms with van der Waals surface area (Å²) in [5.74, 6) is 0. The smallest absolute Gasteiger partial charge is 0.340 e. The Kier molecular flexibility index (Phi) is 4.73. The predicted octanol–water partition coefficient (Wildman–Crippen LogP) is 1.45. The third-order valence-corrected chi connectivity index (χ3v) is 3.73. The summed E-state index contributed by atoms with van der Waals surface area (Å²) in [6.07, 6.45) is 0.190. The first-order valence-corrected chi connectivity index (χ1v) is 8.02. The number of para-hydroxylation sites is 1. The van der Waals surface area contributed by atoms with Gasteiger partial charge in [-0.15, -0.1) is 0 Å². The molecule has 7 heteroatoms. The molecule has 2 rings (SSSR count). The van der Waals surface area contributed by atoms with Gasteiger partial charge in [0.2, 0.25) is 0 Å². The van der Waals surface area contributed by atoms with Crippen LogP contribution < -0.4 is 10.9 Å². The van der Waals surface area contributed by atoms with Gasteiger partial charge in [-0.2, -0.15) is 0 Å². The van der Waals surface area contributed by atoms with Crippen LogP contribution >= 0.6 is 7.60 Å². The van der Waals surface area contributed by atoms with Crippen LogP contribution in [0.25, 0.3) is 11.0 Å². The monoisotopic (exact) mass is 297 g/mol. The summed E-state index contributed by atoms with van der Waals surface area (Å²) in [6.45, 7) is 0.742. The minimum absolute atomic E-state index is 0.160. The second-order valence-corrected chi connectivity index (χ2v) is 6.29. The fourth-order valence-corrected chi connectivity index (χ4v) is 2.43. The number of nitrogens with one attached hydrogen (secondary N) is 1. The number of fused-ring (bicyclic) bond motifs is 1. The van der Waals surface area contributed by atoms with Crippen molar-refractivity contribution < 1.29 is 18.8 Å². The molecule has 0 saturated heterocycles. The van der Waals surface area contributed by atoms with Gasteiger partial charge in [0.1, 0.15) is 5.58 Å². The van der Waals surface area contributed by atoms with E-state index in [9.17, 15) is 9.36 Å². The van der Waals surface area contributed by atoms with Gasteiger partial charge in [-0.1, -0.05) is 18.2 Å². The number of rotatable bonds is 6. The highest BCUT2D eigenvalue weighted by Crippen LogP contribution is 2.34. The highest BCUT2D eigenvalue weighted by molar-refractivity contribution is 7.51. The van der Waals surface area contributed by atoms with Crippen LogP contribution in [0.15, 0.2) is 39.5 Å². The molecular weight excluding hydrogens is 281 g/mol. The molecule has 0 unspecified atom stereocenters. The van der Waals surface area contributed by atoms with Gasteiger partial charge < -0.3 is 19.5 Å². The molecule has 1 heterocycles. The summed E-state index contributed by atoms with van der Waals surface area (Å²) in [6, 6.07) is 9.01. The first-order valence-electron chi connectivity index (χ1n) is 6.23. The molecule has 0 aliphatic heterocycles. The van der Waals surface area contributed by atoms with Crippen molar-refractivity contribution in [3.05, 3.63) is 46.3 Å². The summed E-state index contributed by atoms with van der Waals surface area (Å²) in [4.78, 5) is 29.2. The van der Waals surface area contributed by atoms with Gasteiger partial charge >= 0.3 is 13.2 Å². The molecule has 0 atom stereocenters. The second kappa shape index (κ2) is 6.33. The molecule has 0 spiro atoms. The lowest BCUT2D eigenvalue weighted by molar-refractivity contribution is 0.371. The normalized spacial score (nSPS) is 11.9. The molecule has 0 aliphatic carbocycles. The van der Waals surface area contributed by atoms with Crippen LogP contribution in [0.3, 0.4) is 0 Å². The Balaban J connectivity index is 1.95. The standard InChI is InChI=1S/C13H16NO5P/c15-13-11(9-14-6-3-7-20(16,17)18)8-10-4-1-2-5-12(10)19-13/h1-2,4-5,8,14H,3,6-7,9H2,(H2,16,17,18). The van der Waals surface area contributed by atoms with Crippen molar-refractivity contribution in [1.82, 2.24) is 5.32 Å². The van der Waals surface area contributed by atoms with Crippen molar-refractivity contribution in [3.63, 3.8) is 0 Å². The largest absolute Gasteiger partial charge is 0.422 e. The lowest BCUT2D eigenvalue weighted by Crippen LogP contribution is -2.20. The van der Waals surface area contributed by atoms with Crippen molar-refractivity contribution >= 4 is 18.6 Å². The quantitative estimate of drug-likeness (QED) is 0.424. The zero-order valence-corrected chi connectivity index (χ0v) is 11.7. The fraction of sp³-hybridized carbons (Fsp3) is 0.308. The van der Waals surface area contributed by atoms with E-state index in [-0.39, 0.29) is 6.16 Å². The van der Waals surface area contributed by atoms with Crippen LogP contribution in [0.1, 0.15) is 12.0 Å². The van der Waals surface area contributed by atoms with E-state index < -0.39 is 13.2 Å². The zero-order valence-electron chi connectivity index (χ0n) is 10.8. The van der Waals surface area contributed by atoms with Crippen molar-refractivity contribution in [2.24, 2.45) is 0 Å². The van der Waals surface area contributed by atoms with Gasteiger partial charge in [0, 0.05) is 11.9 Å².